The molecule has 3 heteroatoms. The first-order chi connectivity index (χ1) is 6.22. The van der Waals surface area contributed by atoms with Crippen LogP contribution in [0.4, 0.5) is 0 Å². The first-order valence-electron chi connectivity index (χ1n) is 4.40. The van der Waals surface area contributed by atoms with Crippen molar-refractivity contribution in [2.24, 2.45) is 5.73 Å². The van der Waals surface area contributed by atoms with E-state index in [0.717, 1.165) is 11.6 Å². The van der Waals surface area contributed by atoms with Gasteiger partial charge in [0.25, 0.3) is 0 Å². The Hall–Kier alpha value is -0.570. The maximum Gasteiger partial charge on any atom is 0.0409 e. The second kappa shape index (κ2) is 5.22. The van der Waals surface area contributed by atoms with E-state index in [-0.39, 0.29) is 0 Å². The van der Waals surface area contributed by atoms with Crippen LogP contribution in [0.5, 0.6) is 0 Å². The molecule has 0 radical (unpaired) electrons. The lowest BCUT2D eigenvalue weighted by molar-refractivity contribution is 0.556. The van der Waals surface area contributed by atoms with E-state index in [1.165, 1.54) is 5.56 Å². The zero-order valence-corrected chi connectivity index (χ0v) is 8.51. The molecule has 0 aliphatic rings. The second-order valence-corrected chi connectivity index (χ2v) is 3.58. The van der Waals surface area contributed by atoms with Crippen molar-refractivity contribution >= 4 is 11.6 Å². The van der Waals surface area contributed by atoms with Gasteiger partial charge in [-0.15, -0.1) is 0 Å². The monoisotopic (exact) mass is 198 g/mol. The quantitative estimate of drug-likeness (QED) is 0.774. The Morgan fingerprint density at radius 2 is 2.31 bits per heavy atom. The molecule has 72 valence electrons. The van der Waals surface area contributed by atoms with Crippen LogP contribution in [-0.4, -0.2) is 12.6 Å². The highest BCUT2D eigenvalue weighted by molar-refractivity contribution is 6.30. The van der Waals surface area contributed by atoms with Gasteiger partial charge < -0.3 is 11.1 Å². The molecule has 0 spiro atoms. The largest absolute Gasteiger partial charge is 0.329 e. The number of halogens is 1. The molecular formula is C10H15ClN2. The molecule has 2 nitrogen and oxygen atoms in total. The van der Waals surface area contributed by atoms with Gasteiger partial charge in [0, 0.05) is 24.2 Å². The van der Waals surface area contributed by atoms with Crippen molar-refractivity contribution in [2.75, 3.05) is 6.54 Å². The lowest BCUT2D eigenvalue weighted by Gasteiger charge is -2.10. The van der Waals surface area contributed by atoms with E-state index < -0.39 is 0 Å². The van der Waals surface area contributed by atoms with Gasteiger partial charge in [0.2, 0.25) is 0 Å². The van der Waals surface area contributed by atoms with Crippen LogP contribution in [0.3, 0.4) is 0 Å². The molecule has 0 heterocycles. The normalized spacial score (nSPS) is 12.8. The molecule has 3 N–H and O–H groups in total. The number of nitrogens with one attached hydrogen (secondary N) is 1. The Kier molecular flexibility index (Phi) is 4.22. The summed E-state index contributed by atoms with van der Waals surface area (Å²) in [5.41, 5.74) is 6.67. The van der Waals surface area contributed by atoms with Crippen molar-refractivity contribution in [1.29, 1.82) is 0 Å². The fraction of sp³-hybridized carbons (Fsp3) is 0.400. The number of hydrogen-bond donors (Lipinski definition) is 2. The van der Waals surface area contributed by atoms with Crippen molar-refractivity contribution in [3.63, 3.8) is 0 Å². The summed E-state index contributed by atoms with van der Waals surface area (Å²) in [4.78, 5) is 0. The van der Waals surface area contributed by atoms with Gasteiger partial charge in [0.05, 0.1) is 0 Å². The lowest BCUT2D eigenvalue weighted by atomic mass is 10.2. The summed E-state index contributed by atoms with van der Waals surface area (Å²) < 4.78 is 0. The van der Waals surface area contributed by atoms with Crippen LogP contribution in [0.1, 0.15) is 12.5 Å². The molecule has 0 unspecified atom stereocenters. The standard InChI is InChI=1S/C10H15ClN2/c1-8(6-12)13-7-9-3-2-4-10(11)5-9/h2-5,8,13H,6-7,12H2,1H3/t8-/m0/s1. The minimum Gasteiger partial charge on any atom is -0.329 e. The molecule has 1 atom stereocenters. The molecule has 0 aromatic heterocycles. The van der Waals surface area contributed by atoms with E-state index in [9.17, 15) is 0 Å². The fourth-order valence-electron chi connectivity index (χ4n) is 1.02. The Morgan fingerprint density at radius 3 is 2.92 bits per heavy atom. The predicted octanol–water partition coefficient (Wildman–Crippen LogP) is 1.78. The van der Waals surface area contributed by atoms with Crippen LogP contribution in [0, 0.1) is 0 Å². The van der Waals surface area contributed by atoms with Crippen LogP contribution in [0.25, 0.3) is 0 Å². The van der Waals surface area contributed by atoms with Gasteiger partial charge in [0.15, 0.2) is 0 Å². The van der Waals surface area contributed by atoms with Gasteiger partial charge in [0.1, 0.15) is 0 Å². The Morgan fingerprint density at radius 1 is 1.54 bits per heavy atom. The molecule has 0 saturated carbocycles. The highest BCUT2D eigenvalue weighted by atomic mass is 35.5. The van der Waals surface area contributed by atoms with Crippen LogP contribution in [0.2, 0.25) is 5.02 Å². The van der Waals surface area contributed by atoms with E-state index in [4.69, 9.17) is 17.3 Å². The molecule has 1 rings (SSSR count). The summed E-state index contributed by atoms with van der Waals surface area (Å²) in [6.45, 7) is 3.53. The predicted molar refractivity (Wildman–Crippen MR) is 56.8 cm³/mol. The van der Waals surface area contributed by atoms with E-state index in [0.29, 0.717) is 12.6 Å². The SMILES string of the molecule is C[C@@H](CN)NCc1cccc(Cl)c1. The van der Waals surface area contributed by atoms with E-state index >= 15 is 0 Å². The number of nitrogens with two attached hydrogens (primary N) is 1. The minimum absolute atomic E-state index is 0.346. The average molecular weight is 199 g/mol. The average Bonchev–Trinajstić information content (AvgIpc) is 2.14. The topological polar surface area (TPSA) is 38.0 Å². The first kappa shape index (κ1) is 10.5. The summed E-state index contributed by atoms with van der Waals surface area (Å²) in [5, 5.41) is 4.07. The molecule has 0 aliphatic carbocycles. The summed E-state index contributed by atoms with van der Waals surface area (Å²) in [5.74, 6) is 0. The fourth-order valence-corrected chi connectivity index (χ4v) is 1.24. The minimum atomic E-state index is 0.346. The third-order valence-electron chi connectivity index (χ3n) is 1.90. The summed E-state index contributed by atoms with van der Waals surface area (Å²) in [6, 6.07) is 8.17. The van der Waals surface area contributed by atoms with E-state index in [1.807, 2.05) is 24.3 Å². The highest BCUT2D eigenvalue weighted by Gasteiger charge is 1.98. The Bertz CT molecular complexity index is 263. The van der Waals surface area contributed by atoms with E-state index in [2.05, 4.69) is 12.2 Å². The van der Waals surface area contributed by atoms with Gasteiger partial charge in [-0.05, 0) is 24.6 Å². The molecule has 0 saturated heterocycles. The van der Waals surface area contributed by atoms with Crippen LogP contribution in [0.15, 0.2) is 24.3 Å². The molecule has 0 aliphatic heterocycles. The summed E-state index contributed by atoms with van der Waals surface area (Å²) in [6.07, 6.45) is 0. The smallest absolute Gasteiger partial charge is 0.0409 e. The molecule has 1 aromatic carbocycles. The van der Waals surface area contributed by atoms with Crippen molar-refractivity contribution < 1.29 is 0 Å². The maximum atomic E-state index is 5.84. The first-order valence-corrected chi connectivity index (χ1v) is 4.78. The van der Waals surface area contributed by atoms with Gasteiger partial charge in [-0.3, -0.25) is 0 Å². The lowest BCUT2D eigenvalue weighted by Crippen LogP contribution is -2.32. The molecule has 0 bridgehead atoms. The van der Waals surface area contributed by atoms with Crippen molar-refractivity contribution in [1.82, 2.24) is 5.32 Å². The molecular weight excluding hydrogens is 184 g/mol. The zero-order valence-electron chi connectivity index (χ0n) is 7.76. The van der Waals surface area contributed by atoms with Gasteiger partial charge in [-0.1, -0.05) is 23.7 Å². The van der Waals surface area contributed by atoms with Crippen molar-refractivity contribution in [3.8, 4) is 0 Å². The summed E-state index contributed by atoms with van der Waals surface area (Å²) >= 11 is 5.84. The van der Waals surface area contributed by atoms with Crippen LogP contribution < -0.4 is 11.1 Å². The van der Waals surface area contributed by atoms with Crippen LogP contribution in [-0.2, 0) is 6.54 Å². The van der Waals surface area contributed by atoms with Gasteiger partial charge >= 0.3 is 0 Å². The Balaban J connectivity index is 2.45. The molecule has 1 aromatic rings. The highest BCUT2D eigenvalue weighted by Crippen LogP contribution is 2.10. The molecule has 13 heavy (non-hydrogen) atoms. The van der Waals surface area contributed by atoms with Gasteiger partial charge in [-0.2, -0.15) is 0 Å². The Labute approximate surface area is 84.1 Å². The van der Waals surface area contributed by atoms with E-state index in [1.54, 1.807) is 0 Å². The number of rotatable bonds is 4. The molecule has 0 amide bonds. The third-order valence-corrected chi connectivity index (χ3v) is 2.13. The summed E-state index contributed by atoms with van der Waals surface area (Å²) in [7, 11) is 0. The second-order valence-electron chi connectivity index (χ2n) is 3.15. The number of benzene rings is 1. The third kappa shape index (κ3) is 3.77. The molecule has 0 fully saturated rings. The van der Waals surface area contributed by atoms with Crippen molar-refractivity contribution in [3.05, 3.63) is 34.9 Å². The van der Waals surface area contributed by atoms with Crippen LogP contribution >= 0.6 is 11.6 Å². The van der Waals surface area contributed by atoms with Crippen molar-refractivity contribution in [2.45, 2.75) is 19.5 Å². The zero-order chi connectivity index (χ0) is 9.68. The number of hydrogen-bond acceptors (Lipinski definition) is 2. The maximum absolute atomic E-state index is 5.84. The van der Waals surface area contributed by atoms with Gasteiger partial charge in [-0.25, -0.2) is 0 Å².